The molecule has 1 rings (SSSR count). The van der Waals surface area contributed by atoms with Crippen LogP contribution in [0.25, 0.3) is 0 Å². The number of hydrogen-bond donors (Lipinski definition) is 0. The van der Waals surface area contributed by atoms with Crippen LogP contribution in [0.3, 0.4) is 0 Å². The van der Waals surface area contributed by atoms with Crippen LogP contribution >= 0.6 is 0 Å². The Balaban J connectivity index is 2.60. The summed E-state index contributed by atoms with van der Waals surface area (Å²) in [6.45, 7) is 12.9. The number of hydrogen-bond acceptors (Lipinski definition) is 1. The summed E-state index contributed by atoms with van der Waals surface area (Å²) >= 11 is 0. The van der Waals surface area contributed by atoms with Crippen LogP contribution in [0.4, 0.5) is 0 Å². The second kappa shape index (κ2) is 2.78. The van der Waals surface area contributed by atoms with Crippen LogP contribution in [0.15, 0.2) is 0 Å². The Morgan fingerprint density at radius 3 is 1.91 bits per heavy atom. The predicted octanol–water partition coefficient (Wildman–Crippen LogP) is 2.52. The summed E-state index contributed by atoms with van der Waals surface area (Å²) < 4.78 is 0. The van der Waals surface area contributed by atoms with Crippen molar-refractivity contribution in [2.45, 2.75) is 52.6 Å². The first-order valence-electron chi connectivity index (χ1n) is 4.68. The highest BCUT2D eigenvalue weighted by Gasteiger charge is 2.33. The molecule has 1 heteroatoms. The Hall–Kier alpha value is -0.0400. The standard InChI is InChI=1S/C10H21N/c1-8-6-9(2)11(7-8)10(3,4)5/h8-9H,6-7H2,1-5H3/t8-,9-/m1/s1. The molecule has 66 valence electrons. The fraction of sp³-hybridized carbons (Fsp3) is 1.00. The van der Waals surface area contributed by atoms with Crippen molar-refractivity contribution in [2.24, 2.45) is 5.92 Å². The van der Waals surface area contributed by atoms with Gasteiger partial charge in [-0.05, 0) is 40.0 Å². The van der Waals surface area contributed by atoms with E-state index in [-0.39, 0.29) is 0 Å². The monoisotopic (exact) mass is 155 g/mol. The molecule has 1 aliphatic heterocycles. The van der Waals surface area contributed by atoms with Gasteiger partial charge in [0, 0.05) is 18.1 Å². The molecule has 1 fully saturated rings. The molecule has 0 aromatic heterocycles. The maximum absolute atomic E-state index is 2.61. The highest BCUT2D eigenvalue weighted by Crippen LogP contribution is 2.29. The van der Waals surface area contributed by atoms with Gasteiger partial charge in [-0.3, -0.25) is 4.90 Å². The van der Waals surface area contributed by atoms with Crippen molar-refractivity contribution in [1.29, 1.82) is 0 Å². The highest BCUT2D eigenvalue weighted by molar-refractivity contribution is 4.88. The Labute approximate surface area is 70.8 Å². The summed E-state index contributed by atoms with van der Waals surface area (Å²) in [4.78, 5) is 2.61. The molecule has 0 bridgehead atoms. The summed E-state index contributed by atoms with van der Waals surface area (Å²) in [6, 6.07) is 0.782. The Bertz CT molecular complexity index is 134. The third kappa shape index (κ3) is 1.96. The van der Waals surface area contributed by atoms with E-state index in [0.29, 0.717) is 5.54 Å². The first-order valence-corrected chi connectivity index (χ1v) is 4.68. The van der Waals surface area contributed by atoms with E-state index < -0.39 is 0 Å². The second-order valence-corrected chi connectivity index (χ2v) is 5.01. The normalized spacial score (nSPS) is 34.6. The topological polar surface area (TPSA) is 3.24 Å². The zero-order chi connectivity index (χ0) is 8.65. The molecule has 0 unspecified atom stereocenters. The van der Waals surface area contributed by atoms with Crippen molar-refractivity contribution in [3.8, 4) is 0 Å². The van der Waals surface area contributed by atoms with Crippen LogP contribution in [0.1, 0.15) is 41.0 Å². The van der Waals surface area contributed by atoms with Gasteiger partial charge in [-0.1, -0.05) is 6.92 Å². The van der Waals surface area contributed by atoms with Crippen LogP contribution in [-0.4, -0.2) is 23.0 Å². The smallest absolute Gasteiger partial charge is 0.0127 e. The molecule has 1 heterocycles. The largest absolute Gasteiger partial charge is 0.296 e. The summed E-state index contributed by atoms with van der Waals surface area (Å²) in [7, 11) is 0. The average Bonchev–Trinajstić information content (AvgIpc) is 2.08. The number of nitrogens with zero attached hydrogens (tertiary/aromatic N) is 1. The fourth-order valence-electron chi connectivity index (χ4n) is 2.23. The third-order valence-electron chi connectivity index (χ3n) is 2.65. The Morgan fingerprint density at radius 1 is 1.18 bits per heavy atom. The molecular weight excluding hydrogens is 134 g/mol. The van der Waals surface area contributed by atoms with E-state index in [1.165, 1.54) is 13.0 Å². The van der Waals surface area contributed by atoms with Gasteiger partial charge >= 0.3 is 0 Å². The molecule has 11 heavy (non-hydrogen) atoms. The Kier molecular flexibility index (Phi) is 2.29. The van der Waals surface area contributed by atoms with Crippen molar-refractivity contribution >= 4 is 0 Å². The summed E-state index contributed by atoms with van der Waals surface area (Å²) in [5.41, 5.74) is 0.365. The van der Waals surface area contributed by atoms with Crippen molar-refractivity contribution < 1.29 is 0 Å². The van der Waals surface area contributed by atoms with Gasteiger partial charge < -0.3 is 0 Å². The van der Waals surface area contributed by atoms with Crippen LogP contribution in [0, 0.1) is 5.92 Å². The maximum atomic E-state index is 2.61. The zero-order valence-electron chi connectivity index (χ0n) is 8.52. The lowest BCUT2D eigenvalue weighted by atomic mass is 10.1. The van der Waals surface area contributed by atoms with Gasteiger partial charge in [0.15, 0.2) is 0 Å². The van der Waals surface area contributed by atoms with Gasteiger partial charge in [-0.25, -0.2) is 0 Å². The van der Waals surface area contributed by atoms with Gasteiger partial charge in [0.05, 0.1) is 0 Å². The van der Waals surface area contributed by atoms with E-state index >= 15 is 0 Å². The van der Waals surface area contributed by atoms with Gasteiger partial charge in [-0.2, -0.15) is 0 Å². The quantitative estimate of drug-likeness (QED) is 0.519. The molecule has 0 radical (unpaired) electrons. The first-order chi connectivity index (χ1) is 4.91. The van der Waals surface area contributed by atoms with Crippen LogP contribution < -0.4 is 0 Å². The molecule has 0 spiro atoms. The van der Waals surface area contributed by atoms with Gasteiger partial charge in [0.1, 0.15) is 0 Å². The van der Waals surface area contributed by atoms with Crippen molar-refractivity contribution in [1.82, 2.24) is 4.90 Å². The molecule has 0 aliphatic carbocycles. The molecule has 0 saturated carbocycles. The SMILES string of the molecule is C[C@@H]1C[C@@H](C)N(C(C)(C)C)C1. The minimum atomic E-state index is 0.365. The molecule has 2 atom stereocenters. The predicted molar refractivity (Wildman–Crippen MR) is 49.7 cm³/mol. The summed E-state index contributed by atoms with van der Waals surface area (Å²) in [5, 5.41) is 0. The van der Waals surface area contributed by atoms with Crippen LogP contribution in [0.5, 0.6) is 0 Å². The second-order valence-electron chi connectivity index (χ2n) is 5.01. The van der Waals surface area contributed by atoms with Crippen molar-refractivity contribution in [3.05, 3.63) is 0 Å². The van der Waals surface area contributed by atoms with E-state index in [1.807, 2.05) is 0 Å². The van der Waals surface area contributed by atoms with Gasteiger partial charge in [-0.15, -0.1) is 0 Å². The van der Waals surface area contributed by atoms with Crippen LogP contribution in [0.2, 0.25) is 0 Å². The lowest BCUT2D eigenvalue weighted by Gasteiger charge is -2.35. The van der Waals surface area contributed by atoms with Crippen molar-refractivity contribution in [2.75, 3.05) is 6.54 Å². The van der Waals surface area contributed by atoms with E-state index in [1.54, 1.807) is 0 Å². The van der Waals surface area contributed by atoms with E-state index in [4.69, 9.17) is 0 Å². The van der Waals surface area contributed by atoms with E-state index in [2.05, 4.69) is 39.5 Å². The third-order valence-corrected chi connectivity index (χ3v) is 2.65. The molecule has 1 nitrogen and oxygen atoms in total. The van der Waals surface area contributed by atoms with E-state index in [9.17, 15) is 0 Å². The van der Waals surface area contributed by atoms with Crippen molar-refractivity contribution in [3.63, 3.8) is 0 Å². The molecule has 0 N–H and O–H groups in total. The Morgan fingerprint density at radius 2 is 1.73 bits per heavy atom. The fourth-order valence-corrected chi connectivity index (χ4v) is 2.23. The highest BCUT2D eigenvalue weighted by atomic mass is 15.2. The van der Waals surface area contributed by atoms with Gasteiger partial charge in [0.25, 0.3) is 0 Å². The minimum absolute atomic E-state index is 0.365. The van der Waals surface area contributed by atoms with Crippen LogP contribution in [-0.2, 0) is 0 Å². The minimum Gasteiger partial charge on any atom is -0.296 e. The zero-order valence-corrected chi connectivity index (χ0v) is 8.52. The lowest BCUT2D eigenvalue weighted by molar-refractivity contribution is 0.127. The van der Waals surface area contributed by atoms with Gasteiger partial charge in [0.2, 0.25) is 0 Å². The summed E-state index contributed by atoms with van der Waals surface area (Å²) in [6.07, 6.45) is 1.37. The number of likely N-dealkylation sites (tertiary alicyclic amines) is 1. The summed E-state index contributed by atoms with van der Waals surface area (Å²) in [5.74, 6) is 0.893. The first kappa shape index (κ1) is 9.05. The molecule has 1 aliphatic rings. The molecular formula is C10H21N. The maximum Gasteiger partial charge on any atom is 0.0127 e. The molecule has 0 aromatic carbocycles. The molecule has 0 amide bonds. The average molecular weight is 155 g/mol. The molecule has 1 saturated heterocycles. The number of rotatable bonds is 0. The van der Waals surface area contributed by atoms with E-state index in [0.717, 1.165) is 12.0 Å². The molecule has 0 aromatic rings. The lowest BCUT2D eigenvalue weighted by Crippen LogP contribution is -2.43.